The third-order valence-corrected chi connectivity index (χ3v) is 3.87. The van der Waals surface area contributed by atoms with Crippen molar-refractivity contribution in [1.29, 1.82) is 0 Å². The number of nitrogens with zero attached hydrogens (tertiary/aromatic N) is 2. The van der Waals surface area contributed by atoms with Crippen LogP contribution in [0.2, 0.25) is 0 Å². The summed E-state index contributed by atoms with van der Waals surface area (Å²) in [6.45, 7) is 9.60. The SMILES string of the molecule is CC[n+]1ccc(C)n1CC(=O)Cc1c(C)cccc1C. The van der Waals surface area contributed by atoms with Crippen LogP contribution in [0.5, 0.6) is 0 Å². The van der Waals surface area contributed by atoms with E-state index in [0.29, 0.717) is 13.0 Å². The second-order valence-corrected chi connectivity index (χ2v) is 5.36. The Bertz CT molecular complexity index is 606. The highest BCUT2D eigenvalue weighted by molar-refractivity contribution is 5.81. The molecule has 1 aromatic heterocycles. The number of aromatic nitrogens is 2. The fraction of sp³-hybridized carbons (Fsp3) is 0.412. The quantitative estimate of drug-likeness (QED) is 0.767. The van der Waals surface area contributed by atoms with Crippen molar-refractivity contribution in [2.45, 2.75) is 47.2 Å². The van der Waals surface area contributed by atoms with Gasteiger partial charge < -0.3 is 0 Å². The number of benzene rings is 1. The molecule has 3 nitrogen and oxygen atoms in total. The largest absolute Gasteiger partial charge is 0.297 e. The van der Waals surface area contributed by atoms with Crippen molar-refractivity contribution in [3.05, 3.63) is 52.8 Å². The van der Waals surface area contributed by atoms with E-state index in [4.69, 9.17) is 0 Å². The summed E-state index contributed by atoms with van der Waals surface area (Å²) in [5.74, 6) is 0.254. The summed E-state index contributed by atoms with van der Waals surface area (Å²) in [7, 11) is 0. The van der Waals surface area contributed by atoms with Crippen LogP contribution in [0.25, 0.3) is 0 Å². The lowest BCUT2D eigenvalue weighted by Crippen LogP contribution is -2.43. The number of Topliss-reactive ketones (excluding diaryl/α,β-unsaturated/α-hetero) is 1. The second kappa shape index (κ2) is 6.04. The van der Waals surface area contributed by atoms with Gasteiger partial charge in [0.1, 0.15) is 6.54 Å². The first-order valence-electron chi connectivity index (χ1n) is 7.15. The number of hydrogen-bond acceptors (Lipinski definition) is 1. The number of carbonyl (C=O) groups excluding carboxylic acids is 1. The predicted octanol–water partition coefficient (Wildman–Crippen LogP) is 2.53. The Morgan fingerprint density at radius 1 is 1.15 bits per heavy atom. The summed E-state index contributed by atoms with van der Waals surface area (Å²) in [6.07, 6.45) is 2.54. The van der Waals surface area contributed by atoms with E-state index < -0.39 is 0 Å². The third kappa shape index (κ3) is 2.98. The van der Waals surface area contributed by atoms with E-state index in [1.807, 2.05) is 19.2 Å². The van der Waals surface area contributed by atoms with Gasteiger partial charge in [0.2, 0.25) is 0 Å². The van der Waals surface area contributed by atoms with E-state index in [0.717, 1.165) is 12.2 Å². The van der Waals surface area contributed by atoms with Crippen LogP contribution in [-0.2, 0) is 24.3 Å². The molecule has 0 bridgehead atoms. The van der Waals surface area contributed by atoms with Gasteiger partial charge >= 0.3 is 0 Å². The number of hydrogen-bond donors (Lipinski definition) is 0. The van der Waals surface area contributed by atoms with Crippen LogP contribution in [0, 0.1) is 20.8 Å². The van der Waals surface area contributed by atoms with Crippen LogP contribution in [0.4, 0.5) is 0 Å². The van der Waals surface area contributed by atoms with Crippen LogP contribution in [0.1, 0.15) is 29.3 Å². The minimum absolute atomic E-state index is 0.254. The summed E-state index contributed by atoms with van der Waals surface area (Å²) in [5.41, 5.74) is 4.70. The minimum atomic E-state index is 0.254. The summed E-state index contributed by atoms with van der Waals surface area (Å²) >= 11 is 0. The Morgan fingerprint density at radius 3 is 2.40 bits per heavy atom. The first-order chi connectivity index (χ1) is 9.52. The van der Waals surface area contributed by atoms with Crippen molar-refractivity contribution in [2.24, 2.45) is 0 Å². The highest BCUT2D eigenvalue weighted by Gasteiger charge is 2.15. The van der Waals surface area contributed by atoms with Gasteiger partial charge in [-0.25, -0.2) is 0 Å². The van der Waals surface area contributed by atoms with Gasteiger partial charge in [-0.2, -0.15) is 4.68 Å². The van der Waals surface area contributed by atoms with Crippen LogP contribution in [0.3, 0.4) is 0 Å². The smallest absolute Gasteiger partial charge is 0.195 e. The molecule has 0 fully saturated rings. The first kappa shape index (κ1) is 14.5. The maximum absolute atomic E-state index is 12.4. The van der Waals surface area contributed by atoms with Gasteiger partial charge in [0.05, 0.1) is 5.69 Å². The van der Waals surface area contributed by atoms with E-state index in [2.05, 4.69) is 48.3 Å². The van der Waals surface area contributed by atoms with Gasteiger partial charge in [-0.15, -0.1) is 4.68 Å². The Kier molecular flexibility index (Phi) is 4.38. The van der Waals surface area contributed by atoms with Gasteiger partial charge in [-0.3, -0.25) is 4.79 Å². The van der Waals surface area contributed by atoms with Crippen LogP contribution < -0.4 is 4.68 Å². The number of ketones is 1. The Labute approximate surface area is 120 Å². The Balaban J connectivity index is 2.15. The molecule has 0 radical (unpaired) electrons. The third-order valence-electron chi connectivity index (χ3n) is 3.87. The van der Waals surface area contributed by atoms with Gasteiger partial charge in [-0.05, 0) is 44.4 Å². The van der Waals surface area contributed by atoms with Gasteiger partial charge in [0, 0.05) is 12.5 Å². The summed E-state index contributed by atoms with van der Waals surface area (Å²) in [4.78, 5) is 12.4. The molecule has 0 aliphatic rings. The lowest BCUT2D eigenvalue weighted by Gasteiger charge is -2.09. The molecular weight excluding hydrogens is 248 g/mol. The minimum Gasteiger partial charge on any atom is -0.297 e. The molecule has 2 rings (SSSR count). The molecule has 20 heavy (non-hydrogen) atoms. The first-order valence-corrected chi connectivity index (χ1v) is 7.15. The topological polar surface area (TPSA) is 25.9 Å². The lowest BCUT2D eigenvalue weighted by atomic mass is 9.98. The molecule has 3 heteroatoms. The Morgan fingerprint density at radius 2 is 1.80 bits per heavy atom. The molecule has 0 atom stereocenters. The summed E-state index contributed by atoms with van der Waals surface area (Å²) in [5, 5.41) is 0. The molecule has 1 aromatic carbocycles. The second-order valence-electron chi connectivity index (χ2n) is 5.36. The molecule has 106 valence electrons. The van der Waals surface area contributed by atoms with Crippen molar-refractivity contribution in [3.63, 3.8) is 0 Å². The molecule has 0 unspecified atom stereocenters. The zero-order valence-electron chi connectivity index (χ0n) is 12.8. The van der Waals surface area contributed by atoms with E-state index in [-0.39, 0.29) is 5.78 Å². The van der Waals surface area contributed by atoms with Crippen molar-refractivity contribution >= 4 is 5.78 Å². The maximum Gasteiger partial charge on any atom is 0.195 e. The highest BCUT2D eigenvalue weighted by atomic mass is 16.1. The molecule has 2 aromatic rings. The van der Waals surface area contributed by atoms with Crippen molar-refractivity contribution in [1.82, 2.24) is 4.68 Å². The van der Waals surface area contributed by atoms with Crippen LogP contribution in [0.15, 0.2) is 30.5 Å². The maximum atomic E-state index is 12.4. The number of rotatable bonds is 5. The molecule has 0 aliphatic heterocycles. The molecule has 0 saturated carbocycles. The fourth-order valence-corrected chi connectivity index (χ4v) is 2.60. The highest BCUT2D eigenvalue weighted by Crippen LogP contribution is 2.14. The lowest BCUT2D eigenvalue weighted by molar-refractivity contribution is -0.771. The van der Waals surface area contributed by atoms with Crippen molar-refractivity contribution in [3.8, 4) is 0 Å². The van der Waals surface area contributed by atoms with E-state index in [1.165, 1.54) is 16.7 Å². The standard InChI is InChI=1S/C17H23N2O/c1-5-18-10-9-15(4)19(18)12-16(20)11-17-13(2)7-6-8-14(17)3/h6-10H,5,11-12H2,1-4H3/q+1. The number of aryl methyl sites for hydroxylation is 4. The molecule has 0 aliphatic carbocycles. The van der Waals surface area contributed by atoms with Crippen molar-refractivity contribution in [2.75, 3.05) is 0 Å². The molecular formula is C17H23N2O+. The molecule has 1 heterocycles. The average Bonchev–Trinajstić information content (AvgIpc) is 2.75. The zero-order chi connectivity index (χ0) is 14.7. The molecule has 0 N–H and O–H groups in total. The predicted molar refractivity (Wildman–Crippen MR) is 79.7 cm³/mol. The number of carbonyl (C=O) groups is 1. The van der Waals surface area contributed by atoms with Gasteiger partial charge in [0.25, 0.3) is 0 Å². The molecule has 0 saturated heterocycles. The van der Waals surface area contributed by atoms with E-state index in [9.17, 15) is 4.79 Å². The van der Waals surface area contributed by atoms with E-state index in [1.54, 1.807) is 0 Å². The van der Waals surface area contributed by atoms with Gasteiger partial charge in [-0.1, -0.05) is 18.2 Å². The van der Waals surface area contributed by atoms with E-state index >= 15 is 0 Å². The molecule has 0 amide bonds. The van der Waals surface area contributed by atoms with Crippen LogP contribution >= 0.6 is 0 Å². The average molecular weight is 271 g/mol. The van der Waals surface area contributed by atoms with Crippen LogP contribution in [-0.4, -0.2) is 10.5 Å². The Hall–Kier alpha value is -1.90. The summed E-state index contributed by atoms with van der Waals surface area (Å²) < 4.78 is 4.13. The fourth-order valence-electron chi connectivity index (χ4n) is 2.60. The zero-order valence-corrected chi connectivity index (χ0v) is 12.8. The van der Waals surface area contributed by atoms with Gasteiger partial charge in [0.15, 0.2) is 18.5 Å². The normalized spacial score (nSPS) is 10.8. The van der Waals surface area contributed by atoms with Crippen molar-refractivity contribution < 1.29 is 9.48 Å². The summed E-state index contributed by atoms with van der Waals surface area (Å²) in [6, 6.07) is 8.24. The molecule has 0 spiro atoms. The monoisotopic (exact) mass is 271 g/mol.